The molecule has 0 atom stereocenters. The molecule has 1 N–H and O–H groups in total. The molecule has 0 saturated heterocycles. The highest BCUT2D eigenvalue weighted by Crippen LogP contribution is 1.99. The van der Waals surface area contributed by atoms with Crippen LogP contribution in [0.3, 0.4) is 0 Å². The second-order valence-electron chi connectivity index (χ2n) is 3.68. The van der Waals surface area contributed by atoms with Gasteiger partial charge in [0.1, 0.15) is 18.7 Å². The zero-order valence-corrected chi connectivity index (χ0v) is 10.2. The van der Waals surface area contributed by atoms with E-state index in [4.69, 9.17) is 0 Å². The minimum atomic E-state index is 0.604. The topological polar surface area (TPSA) is 73.5 Å². The highest BCUT2D eigenvalue weighted by atomic mass is 15.4. The van der Waals surface area contributed by atoms with Crippen LogP contribution in [-0.4, -0.2) is 36.3 Å². The van der Waals surface area contributed by atoms with E-state index in [2.05, 4.69) is 32.6 Å². The van der Waals surface area contributed by atoms with Crippen molar-refractivity contribution in [3.63, 3.8) is 0 Å². The Morgan fingerprint density at radius 2 is 2.24 bits per heavy atom. The van der Waals surface area contributed by atoms with E-state index >= 15 is 0 Å². The SMILES string of the molecule is CCNCc1cn(Cc2ncnn2CC)nn1. The summed E-state index contributed by atoms with van der Waals surface area (Å²) in [5, 5.41) is 15.5. The van der Waals surface area contributed by atoms with Gasteiger partial charge in [0.05, 0.1) is 11.9 Å². The number of nitrogens with one attached hydrogen (secondary N) is 1. The van der Waals surface area contributed by atoms with Crippen LogP contribution in [0.5, 0.6) is 0 Å². The summed E-state index contributed by atoms with van der Waals surface area (Å²) in [7, 11) is 0. The number of aromatic nitrogens is 6. The zero-order valence-electron chi connectivity index (χ0n) is 10.2. The monoisotopic (exact) mass is 235 g/mol. The van der Waals surface area contributed by atoms with Gasteiger partial charge in [-0.3, -0.25) is 0 Å². The van der Waals surface area contributed by atoms with Gasteiger partial charge in [-0.1, -0.05) is 12.1 Å². The van der Waals surface area contributed by atoms with Crippen LogP contribution in [0.1, 0.15) is 25.4 Å². The Morgan fingerprint density at radius 3 is 3.00 bits per heavy atom. The van der Waals surface area contributed by atoms with E-state index < -0.39 is 0 Å². The van der Waals surface area contributed by atoms with Crippen LogP contribution < -0.4 is 5.32 Å². The van der Waals surface area contributed by atoms with Gasteiger partial charge in [-0.15, -0.1) is 5.10 Å². The number of hydrogen-bond donors (Lipinski definition) is 1. The summed E-state index contributed by atoms with van der Waals surface area (Å²) in [6, 6.07) is 0. The molecule has 2 aromatic heterocycles. The lowest BCUT2D eigenvalue weighted by molar-refractivity contribution is 0.557. The molecule has 0 bridgehead atoms. The lowest BCUT2D eigenvalue weighted by atomic mass is 10.4. The summed E-state index contributed by atoms with van der Waals surface area (Å²) >= 11 is 0. The Labute approximate surface area is 99.9 Å². The lowest BCUT2D eigenvalue weighted by Crippen LogP contribution is -2.12. The van der Waals surface area contributed by atoms with Gasteiger partial charge in [0, 0.05) is 13.1 Å². The smallest absolute Gasteiger partial charge is 0.148 e. The van der Waals surface area contributed by atoms with Crippen molar-refractivity contribution in [1.29, 1.82) is 0 Å². The standard InChI is InChI=1S/C10H17N7/c1-3-11-5-9-6-16(15-14-9)7-10-12-8-13-17(10)4-2/h6,8,11H,3-5,7H2,1-2H3. The largest absolute Gasteiger partial charge is 0.311 e. The molecule has 2 aromatic rings. The zero-order chi connectivity index (χ0) is 12.1. The average Bonchev–Trinajstić information content (AvgIpc) is 2.96. The Morgan fingerprint density at radius 1 is 1.35 bits per heavy atom. The molecule has 0 fully saturated rings. The van der Waals surface area contributed by atoms with Gasteiger partial charge in [0.15, 0.2) is 0 Å². The quantitative estimate of drug-likeness (QED) is 0.765. The van der Waals surface area contributed by atoms with Crippen LogP contribution in [-0.2, 0) is 19.6 Å². The van der Waals surface area contributed by atoms with Crippen molar-refractivity contribution in [2.24, 2.45) is 0 Å². The fraction of sp³-hybridized carbons (Fsp3) is 0.600. The molecule has 0 aliphatic carbocycles. The number of rotatable bonds is 6. The molecule has 0 unspecified atom stereocenters. The molecule has 0 radical (unpaired) electrons. The predicted molar refractivity (Wildman–Crippen MR) is 62.2 cm³/mol. The Kier molecular flexibility index (Phi) is 3.81. The summed E-state index contributed by atoms with van der Waals surface area (Å²) in [4.78, 5) is 4.20. The number of nitrogens with zero attached hydrogens (tertiary/aromatic N) is 6. The molecule has 0 aliphatic rings. The Hall–Kier alpha value is -1.76. The highest BCUT2D eigenvalue weighted by Gasteiger charge is 2.05. The molecule has 0 spiro atoms. The van der Waals surface area contributed by atoms with Crippen molar-refractivity contribution in [2.45, 2.75) is 33.5 Å². The molecular weight excluding hydrogens is 218 g/mol. The van der Waals surface area contributed by atoms with Crippen molar-refractivity contribution in [1.82, 2.24) is 35.1 Å². The maximum absolute atomic E-state index is 4.20. The fourth-order valence-electron chi connectivity index (χ4n) is 1.57. The van der Waals surface area contributed by atoms with E-state index in [1.54, 1.807) is 11.0 Å². The number of hydrogen-bond acceptors (Lipinski definition) is 5. The van der Waals surface area contributed by atoms with Crippen molar-refractivity contribution >= 4 is 0 Å². The molecule has 92 valence electrons. The minimum Gasteiger partial charge on any atom is -0.311 e. The second-order valence-corrected chi connectivity index (χ2v) is 3.68. The van der Waals surface area contributed by atoms with E-state index in [1.165, 1.54) is 0 Å². The van der Waals surface area contributed by atoms with Crippen LogP contribution in [0.4, 0.5) is 0 Å². The van der Waals surface area contributed by atoms with Crippen LogP contribution >= 0.6 is 0 Å². The van der Waals surface area contributed by atoms with Gasteiger partial charge in [-0.05, 0) is 13.5 Å². The molecule has 0 aromatic carbocycles. The van der Waals surface area contributed by atoms with Gasteiger partial charge < -0.3 is 5.32 Å². The van der Waals surface area contributed by atoms with Crippen molar-refractivity contribution in [3.05, 3.63) is 24.0 Å². The molecule has 0 saturated carbocycles. The molecule has 0 amide bonds. The summed E-state index contributed by atoms with van der Waals surface area (Å²) in [6.07, 6.45) is 3.49. The maximum atomic E-state index is 4.20. The normalized spacial score (nSPS) is 10.9. The first kappa shape index (κ1) is 11.7. The third kappa shape index (κ3) is 2.88. The molecule has 17 heavy (non-hydrogen) atoms. The average molecular weight is 235 g/mol. The van der Waals surface area contributed by atoms with Gasteiger partial charge in [-0.25, -0.2) is 14.3 Å². The Balaban J connectivity index is 2.01. The van der Waals surface area contributed by atoms with E-state index in [0.717, 1.165) is 31.2 Å². The first-order chi connectivity index (χ1) is 8.33. The highest BCUT2D eigenvalue weighted by molar-refractivity contribution is 4.94. The van der Waals surface area contributed by atoms with Gasteiger partial charge >= 0.3 is 0 Å². The van der Waals surface area contributed by atoms with Crippen LogP contribution in [0.25, 0.3) is 0 Å². The molecule has 2 rings (SSSR count). The molecular formula is C10H17N7. The van der Waals surface area contributed by atoms with Crippen LogP contribution in [0.2, 0.25) is 0 Å². The van der Waals surface area contributed by atoms with E-state index in [0.29, 0.717) is 6.54 Å². The molecule has 7 nitrogen and oxygen atoms in total. The van der Waals surface area contributed by atoms with Gasteiger partial charge in [-0.2, -0.15) is 5.10 Å². The van der Waals surface area contributed by atoms with Gasteiger partial charge in [0.2, 0.25) is 0 Å². The van der Waals surface area contributed by atoms with Crippen molar-refractivity contribution < 1.29 is 0 Å². The fourth-order valence-corrected chi connectivity index (χ4v) is 1.57. The van der Waals surface area contributed by atoms with E-state index in [9.17, 15) is 0 Å². The minimum absolute atomic E-state index is 0.604. The van der Waals surface area contributed by atoms with Crippen LogP contribution in [0.15, 0.2) is 12.5 Å². The summed E-state index contributed by atoms with van der Waals surface area (Å²) in [6.45, 7) is 7.19. The van der Waals surface area contributed by atoms with Crippen molar-refractivity contribution in [3.8, 4) is 0 Å². The van der Waals surface area contributed by atoms with Crippen LogP contribution in [0, 0.1) is 0 Å². The molecule has 7 heteroatoms. The van der Waals surface area contributed by atoms with Gasteiger partial charge in [0.25, 0.3) is 0 Å². The van der Waals surface area contributed by atoms with Crippen molar-refractivity contribution in [2.75, 3.05) is 6.54 Å². The third-order valence-corrected chi connectivity index (χ3v) is 2.44. The Bertz CT molecular complexity index is 459. The summed E-state index contributed by atoms with van der Waals surface area (Å²) in [5.41, 5.74) is 0.939. The number of aryl methyl sites for hydroxylation is 1. The third-order valence-electron chi connectivity index (χ3n) is 2.44. The first-order valence-electron chi connectivity index (χ1n) is 5.79. The molecule has 2 heterocycles. The molecule has 0 aliphatic heterocycles. The van der Waals surface area contributed by atoms with E-state index in [-0.39, 0.29) is 0 Å². The summed E-state index contributed by atoms with van der Waals surface area (Å²) < 4.78 is 3.63. The first-order valence-corrected chi connectivity index (χ1v) is 5.79. The maximum Gasteiger partial charge on any atom is 0.148 e. The lowest BCUT2D eigenvalue weighted by Gasteiger charge is -2.01. The van der Waals surface area contributed by atoms with E-state index in [1.807, 2.05) is 17.8 Å². The predicted octanol–water partition coefficient (Wildman–Crippen LogP) is 0.0473. The second kappa shape index (κ2) is 5.53. The summed E-state index contributed by atoms with van der Waals surface area (Å²) in [5.74, 6) is 0.896.